The number of halogens is 1. The van der Waals surface area contributed by atoms with Crippen molar-refractivity contribution in [3.05, 3.63) is 28.2 Å². The Morgan fingerprint density at radius 2 is 2.05 bits per heavy atom. The first kappa shape index (κ1) is 15.3. The fraction of sp³-hybridized carbons (Fsp3) is 0.533. The van der Waals surface area contributed by atoms with Crippen molar-refractivity contribution in [2.75, 3.05) is 39.8 Å². The average Bonchev–Trinajstić information content (AvgIpc) is 2.49. The molecule has 0 bridgehead atoms. The molecular weight excluding hydrogens is 318 g/mol. The van der Waals surface area contributed by atoms with Gasteiger partial charge in [-0.2, -0.15) is 5.26 Å². The number of benzene rings is 1. The van der Waals surface area contributed by atoms with Gasteiger partial charge < -0.3 is 9.64 Å². The summed E-state index contributed by atoms with van der Waals surface area (Å²) in [5, 5.41) is 9.59. The molecule has 1 saturated heterocycles. The van der Waals surface area contributed by atoms with E-state index in [9.17, 15) is 5.26 Å². The van der Waals surface area contributed by atoms with Crippen molar-refractivity contribution in [3.8, 4) is 11.8 Å². The Balaban J connectivity index is 2.21. The Kier molecular flexibility index (Phi) is 5.41. The number of piperazine rings is 1. The van der Waals surface area contributed by atoms with Crippen LogP contribution in [0.1, 0.15) is 18.5 Å². The molecule has 1 heterocycles. The monoisotopic (exact) mass is 337 g/mol. The van der Waals surface area contributed by atoms with Gasteiger partial charge in [0.1, 0.15) is 11.8 Å². The predicted molar refractivity (Wildman–Crippen MR) is 82.7 cm³/mol. The molecule has 0 saturated carbocycles. The van der Waals surface area contributed by atoms with Gasteiger partial charge in [-0.3, -0.25) is 4.90 Å². The van der Waals surface area contributed by atoms with Gasteiger partial charge in [0.2, 0.25) is 0 Å². The van der Waals surface area contributed by atoms with Crippen LogP contribution in [0.2, 0.25) is 0 Å². The second-order valence-corrected chi connectivity index (χ2v) is 5.80. The fourth-order valence-corrected chi connectivity index (χ4v) is 2.98. The molecule has 4 nitrogen and oxygen atoms in total. The van der Waals surface area contributed by atoms with Crippen LogP contribution >= 0.6 is 15.9 Å². The summed E-state index contributed by atoms with van der Waals surface area (Å²) in [6.45, 7) is 7.12. The van der Waals surface area contributed by atoms with E-state index in [0.29, 0.717) is 0 Å². The molecule has 1 fully saturated rings. The van der Waals surface area contributed by atoms with Gasteiger partial charge in [-0.1, -0.05) is 22.9 Å². The summed E-state index contributed by atoms with van der Waals surface area (Å²) in [6.07, 6.45) is 0. The van der Waals surface area contributed by atoms with Gasteiger partial charge in [0, 0.05) is 36.2 Å². The van der Waals surface area contributed by atoms with Crippen molar-refractivity contribution < 1.29 is 4.74 Å². The summed E-state index contributed by atoms with van der Waals surface area (Å²) in [5.74, 6) is 0.776. The van der Waals surface area contributed by atoms with E-state index >= 15 is 0 Å². The van der Waals surface area contributed by atoms with Crippen LogP contribution < -0.4 is 4.74 Å². The zero-order chi connectivity index (χ0) is 14.5. The topological polar surface area (TPSA) is 39.5 Å². The number of rotatable bonds is 4. The first-order chi connectivity index (χ1) is 9.69. The Hall–Kier alpha value is -1.09. The van der Waals surface area contributed by atoms with Gasteiger partial charge >= 0.3 is 0 Å². The van der Waals surface area contributed by atoms with E-state index in [1.807, 2.05) is 18.2 Å². The fourth-order valence-electron chi connectivity index (χ4n) is 2.60. The number of hydrogen-bond acceptors (Lipinski definition) is 4. The van der Waals surface area contributed by atoms with E-state index in [0.717, 1.165) is 48.5 Å². The molecule has 1 atom stereocenters. The van der Waals surface area contributed by atoms with Gasteiger partial charge in [0.05, 0.1) is 13.2 Å². The molecule has 1 aromatic carbocycles. The van der Waals surface area contributed by atoms with Crippen LogP contribution in [0.4, 0.5) is 0 Å². The van der Waals surface area contributed by atoms with Crippen molar-refractivity contribution in [2.24, 2.45) is 0 Å². The van der Waals surface area contributed by atoms with Crippen LogP contribution in [0.25, 0.3) is 0 Å². The first-order valence-corrected chi connectivity index (χ1v) is 7.68. The maximum atomic E-state index is 9.59. The summed E-state index contributed by atoms with van der Waals surface area (Å²) in [4.78, 5) is 4.64. The molecule has 1 aliphatic heterocycles. The molecule has 108 valence electrons. The normalized spacial score (nSPS) is 18.5. The average molecular weight is 338 g/mol. The predicted octanol–water partition coefficient (Wildman–Crippen LogP) is 2.66. The van der Waals surface area contributed by atoms with Crippen molar-refractivity contribution in [1.82, 2.24) is 9.80 Å². The molecule has 1 unspecified atom stereocenters. The maximum absolute atomic E-state index is 9.59. The molecule has 0 aromatic heterocycles. The van der Waals surface area contributed by atoms with Crippen LogP contribution in [0.5, 0.6) is 5.75 Å². The minimum atomic E-state index is -0.249. The molecule has 0 spiro atoms. The van der Waals surface area contributed by atoms with E-state index in [-0.39, 0.29) is 6.04 Å². The third kappa shape index (κ3) is 3.32. The molecule has 0 aliphatic carbocycles. The quantitative estimate of drug-likeness (QED) is 0.846. The third-order valence-corrected chi connectivity index (χ3v) is 4.32. The number of hydrogen-bond donors (Lipinski definition) is 0. The number of methoxy groups -OCH3 is 1. The molecule has 0 amide bonds. The summed E-state index contributed by atoms with van der Waals surface area (Å²) < 4.78 is 6.38. The molecule has 1 aromatic rings. The minimum Gasteiger partial charge on any atom is -0.496 e. The lowest BCUT2D eigenvalue weighted by molar-refractivity contribution is 0.117. The number of ether oxygens (including phenoxy) is 1. The highest BCUT2D eigenvalue weighted by Crippen LogP contribution is 2.32. The molecule has 2 rings (SSSR count). The Morgan fingerprint density at radius 3 is 2.60 bits per heavy atom. The van der Waals surface area contributed by atoms with E-state index in [1.165, 1.54) is 0 Å². The van der Waals surface area contributed by atoms with Crippen LogP contribution in [0.3, 0.4) is 0 Å². The van der Waals surface area contributed by atoms with E-state index in [1.54, 1.807) is 7.11 Å². The molecular formula is C15H20BrN3O. The van der Waals surface area contributed by atoms with Gasteiger partial charge in [-0.25, -0.2) is 0 Å². The lowest BCUT2D eigenvalue weighted by Crippen LogP contribution is -2.47. The van der Waals surface area contributed by atoms with Crippen LogP contribution in [0.15, 0.2) is 22.7 Å². The van der Waals surface area contributed by atoms with Crippen molar-refractivity contribution in [1.29, 1.82) is 5.26 Å². The Bertz CT molecular complexity index is 492. The smallest absolute Gasteiger partial charge is 0.127 e. The Labute approximate surface area is 129 Å². The zero-order valence-corrected chi connectivity index (χ0v) is 13.6. The van der Waals surface area contributed by atoms with Crippen molar-refractivity contribution in [3.63, 3.8) is 0 Å². The highest BCUT2D eigenvalue weighted by molar-refractivity contribution is 9.10. The summed E-state index contributed by atoms with van der Waals surface area (Å²) in [6, 6.07) is 8.01. The van der Waals surface area contributed by atoms with Gasteiger partial charge in [-0.05, 0) is 24.7 Å². The lowest BCUT2D eigenvalue weighted by atomic mass is 10.0. The van der Waals surface area contributed by atoms with Gasteiger partial charge in [0.25, 0.3) is 0 Å². The van der Waals surface area contributed by atoms with Gasteiger partial charge in [0.15, 0.2) is 0 Å². The highest BCUT2D eigenvalue weighted by Gasteiger charge is 2.26. The lowest BCUT2D eigenvalue weighted by Gasteiger charge is -2.36. The largest absolute Gasteiger partial charge is 0.496 e. The molecule has 5 heteroatoms. The highest BCUT2D eigenvalue weighted by atomic mass is 79.9. The van der Waals surface area contributed by atoms with E-state index in [2.05, 4.69) is 38.7 Å². The first-order valence-electron chi connectivity index (χ1n) is 6.89. The molecule has 0 radical (unpaired) electrons. The van der Waals surface area contributed by atoms with Crippen molar-refractivity contribution in [2.45, 2.75) is 13.0 Å². The number of nitriles is 1. The second kappa shape index (κ2) is 7.07. The molecule has 1 aliphatic rings. The van der Waals surface area contributed by atoms with Crippen LogP contribution in [0, 0.1) is 11.3 Å². The summed E-state index contributed by atoms with van der Waals surface area (Å²) in [5.41, 5.74) is 0.939. The van der Waals surface area contributed by atoms with Gasteiger partial charge in [-0.15, -0.1) is 0 Å². The van der Waals surface area contributed by atoms with Crippen LogP contribution in [-0.2, 0) is 0 Å². The molecule has 0 N–H and O–H groups in total. The number of likely N-dealkylation sites (N-methyl/N-ethyl adjacent to an activating group) is 1. The Morgan fingerprint density at radius 1 is 1.35 bits per heavy atom. The van der Waals surface area contributed by atoms with E-state index in [4.69, 9.17) is 4.74 Å². The standard InChI is InChI=1S/C15H20BrN3O/c1-3-18-6-8-19(9-7-18)14(11-17)13-10-12(16)4-5-15(13)20-2/h4-5,10,14H,3,6-9H2,1-2H3. The minimum absolute atomic E-state index is 0.249. The zero-order valence-electron chi connectivity index (χ0n) is 12.0. The summed E-state index contributed by atoms with van der Waals surface area (Å²) in [7, 11) is 1.65. The molecule has 20 heavy (non-hydrogen) atoms. The number of nitrogens with zero attached hydrogens (tertiary/aromatic N) is 3. The second-order valence-electron chi connectivity index (χ2n) is 4.89. The van der Waals surface area contributed by atoms with E-state index < -0.39 is 0 Å². The summed E-state index contributed by atoms with van der Waals surface area (Å²) >= 11 is 3.48. The van der Waals surface area contributed by atoms with Crippen LogP contribution in [-0.4, -0.2) is 49.6 Å². The SMILES string of the molecule is CCN1CCN(C(C#N)c2cc(Br)ccc2OC)CC1. The van der Waals surface area contributed by atoms with Crippen molar-refractivity contribution >= 4 is 15.9 Å². The maximum Gasteiger partial charge on any atom is 0.127 e. The third-order valence-electron chi connectivity index (χ3n) is 3.83.